The van der Waals surface area contributed by atoms with E-state index in [0.29, 0.717) is 13.2 Å². The first kappa shape index (κ1) is 23.0. The van der Waals surface area contributed by atoms with Gasteiger partial charge in [0, 0.05) is 32.0 Å². The monoisotopic (exact) mass is 460 g/mol. The highest BCUT2D eigenvalue weighted by atomic mass is 16.5. The van der Waals surface area contributed by atoms with Crippen molar-refractivity contribution in [1.82, 2.24) is 15.2 Å². The van der Waals surface area contributed by atoms with Crippen LogP contribution in [0.5, 0.6) is 0 Å². The van der Waals surface area contributed by atoms with Crippen LogP contribution in [0.15, 0.2) is 47.6 Å². The lowest BCUT2D eigenvalue weighted by Crippen LogP contribution is -2.41. The molecule has 2 heterocycles. The standard InChI is InChI=1S/C28H36N4O2/c1-34-19-26(22-11-3-2-4-12-22)31-27(33)14-24-13-23-15-30-28(25(23)16-29-24)32(17-20-7-5-8-20)18-21-9-6-10-21/h2-4,11-13,16,20-21,26H,5-10,14-15,17-19H2,1H3,(H,31,33). The third-order valence-corrected chi connectivity index (χ3v) is 7.60. The number of benzene rings is 1. The summed E-state index contributed by atoms with van der Waals surface area (Å²) in [5, 5.41) is 3.11. The third-order valence-electron chi connectivity index (χ3n) is 7.60. The molecule has 2 fully saturated rings. The molecular formula is C28H36N4O2. The average molecular weight is 461 g/mol. The molecule has 3 aliphatic rings. The van der Waals surface area contributed by atoms with E-state index in [0.717, 1.165) is 47.6 Å². The number of aromatic nitrogens is 1. The van der Waals surface area contributed by atoms with Gasteiger partial charge in [-0.3, -0.25) is 14.8 Å². The summed E-state index contributed by atoms with van der Waals surface area (Å²) in [6.07, 6.45) is 10.3. The smallest absolute Gasteiger partial charge is 0.226 e. The Bertz CT molecular complexity index is 998. The SMILES string of the molecule is COCC(NC(=O)Cc1cc2c(cn1)C(N(CC1CCC1)CC1CCC1)=NC2)c1ccccc1. The van der Waals surface area contributed by atoms with Crippen LogP contribution >= 0.6 is 0 Å². The van der Waals surface area contributed by atoms with Gasteiger partial charge in [0.1, 0.15) is 5.84 Å². The number of carbonyl (C=O) groups excluding carboxylic acids is 1. The fraction of sp³-hybridized carbons (Fsp3) is 0.536. The topological polar surface area (TPSA) is 66.8 Å². The van der Waals surface area contributed by atoms with Crippen molar-refractivity contribution in [1.29, 1.82) is 0 Å². The molecule has 1 N–H and O–H groups in total. The summed E-state index contributed by atoms with van der Waals surface area (Å²) >= 11 is 0. The first-order valence-corrected chi connectivity index (χ1v) is 12.8. The minimum Gasteiger partial charge on any atom is -0.382 e. The molecule has 0 saturated heterocycles. The lowest BCUT2D eigenvalue weighted by atomic mass is 9.82. The van der Waals surface area contributed by atoms with Gasteiger partial charge in [-0.1, -0.05) is 43.2 Å². The molecule has 1 aliphatic heterocycles. The van der Waals surface area contributed by atoms with Crippen molar-refractivity contribution in [3.8, 4) is 0 Å². The second kappa shape index (κ2) is 10.7. The number of amidine groups is 1. The van der Waals surface area contributed by atoms with Crippen molar-refractivity contribution in [2.75, 3.05) is 26.8 Å². The van der Waals surface area contributed by atoms with Crippen LogP contribution in [-0.2, 0) is 22.5 Å². The number of methoxy groups -OCH3 is 1. The van der Waals surface area contributed by atoms with Crippen molar-refractivity contribution in [3.05, 3.63) is 65.0 Å². The fourth-order valence-electron chi connectivity index (χ4n) is 5.20. The maximum atomic E-state index is 12.8. The van der Waals surface area contributed by atoms with Gasteiger partial charge in [-0.15, -0.1) is 0 Å². The number of rotatable bonds is 10. The van der Waals surface area contributed by atoms with Gasteiger partial charge in [-0.25, -0.2) is 0 Å². The Morgan fingerprint density at radius 3 is 2.44 bits per heavy atom. The van der Waals surface area contributed by atoms with Crippen LogP contribution in [-0.4, -0.2) is 48.4 Å². The van der Waals surface area contributed by atoms with E-state index in [-0.39, 0.29) is 18.4 Å². The van der Waals surface area contributed by atoms with Crippen LogP contribution < -0.4 is 5.32 Å². The molecule has 1 aromatic heterocycles. The first-order chi connectivity index (χ1) is 16.7. The number of nitrogens with zero attached hydrogens (tertiary/aromatic N) is 3. The van der Waals surface area contributed by atoms with Gasteiger partial charge in [-0.05, 0) is 54.7 Å². The highest BCUT2D eigenvalue weighted by molar-refractivity contribution is 6.01. The number of nitrogens with one attached hydrogen (secondary N) is 1. The number of carbonyl (C=O) groups is 1. The highest BCUT2D eigenvalue weighted by Gasteiger charge is 2.30. The zero-order valence-corrected chi connectivity index (χ0v) is 20.2. The fourth-order valence-corrected chi connectivity index (χ4v) is 5.20. The zero-order chi connectivity index (χ0) is 23.3. The number of hydrogen-bond acceptors (Lipinski definition) is 5. The quantitative estimate of drug-likeness (QED) is 0.574. The predicted molar refractivity (Wildman–Crippen MR) is 134 cm³/mol. The van der Waals surface area contributed by atoms with Gasteiger partial charge >= 0.3 is 0 Å². The Labute approximate surface area is 202 Å². The molecule has 34 heavy (non-hydrogen) atoms. The first-order valence-electron chi connectivity index (χ1n) is 12.8. The number of aliphatic imine (C=N–C) groups is 1. The van der Waals surface area contributed by atoms with Gasteiger partial charge in [0.2, 0.25) is 5.91 Å². The molecule has 6 nitrogen and oxygen atoms in total. The predicted octanol–water partition coefficient (Wildman–Crippen LogP) is 4.29. The Kier molecular flexibility index (Phi) is 7.24. The van der Waals surface area contributed by atoms with E-state index in [9.17, 15) is 4.79 Å². The van der Waals surface area contributed by atoms with E-state index in [4.69, 9.17) is 9.73 Å². The molecule has 0 radical (unpaired) electrons. The molecule has 1 atom stereocenters. The molecule has 1 unspecified atom stereocenters. The minimum atomic E-state index is -0.172. The van der Waals surface area contributed by atoms with Crippen LogP contribution in [0, 0.1) is 11.8 Å². The number of hydrogen-bond donors (Lipinski definition) is 1. The third kappa shape index (κ3) is 5.33. The van der Waals surface area contributed by atoms with Crippen molar-refractivity contribution < 1.29 is 9.53 Å². The van der Waals surface area contributed by atoms with Gasteiger partial charge in [-0.2, -0.15) is 0 Å². The molecule has 2 saturated carbocycles. The maximum absolute atomic E-state index is 12.8. The second-order valence-corrected chi connectivity index (χ2v) is 10.1. The second-order valence-electron chi connectivity index (χ2n) is 10.1. The van der Waals surface area contributed by atoms with Crippen LogP contribution in [0.2, 0.25) is 0 Å². The van der Waals surface area contributed by atoms with Crippen molar-refractivity contribution in [3.63, 3.8) is 0 Å². The maximum Gasteiger partial charge on any atom is 0.226 e. The van der Waals surface area contributed by atoms with Crippen molar-refractivity contribution in [2.24, 2.45) is 16.8 Å². The number of fused-ring (bicyclic) bond motifs is 1. The molecule has 1 aromatic carbocycles. The summed E-state index contributed by atoms with van der Waals surface area (Å²) in [5.74, 6) is 2.70. The molecule has 0 spiro atoms. The lowest BCUT2D eigenvalue weighted by Gasteiger charge is -2.38. The van der Waals surface area contributed by atoms with E-state index in [1.54, 1.807) is 7.11 Å². The summed E-state index contributed by atoms with van der Waals surface area (Å²) in [4.78, 5) is 25.0. The Morgan fingerprint density at radius 1 is 1.12 bits per heavy atom. The Hall–Kier alpha value is -2.73. The minimum absolute atomic E-state index is 0.0471. The van der Waals surface area contributed by atoms with Crippen LogP contribution in [0.1, 0.15) is 67.0 Å². The summed E-state index contributed by atoms with van der Waals surface area (Å²) in [6.45, 7) is 3.37. The number of ether oxygens (including phenoxy) is 1. The molecule has 1 amide bonds. The van der Waals surface area contributed by atoms with Gasteiger partial charge in [0.05, 0.1) is 31.3 Å². The largest absolute Gasteiger partial charge is 0.382 e. The summed E-state index contributed by atoms with van der Waals surface area (Å²) < 4.78 is 5.33. The van der Waals surface area contributed by atoms with Crippen LogP contribution in [0.3, 0.4) is 0 Å². The summed E-state index contributed by atoms with van der Waals surface area (Å²) in [7, 11) is 1.65. The average Bonchev–Trinajstić information content (AvgIpc) is 3.20. The van der Waals surface area contributed by atoms with Crippen molar-refractivity contribution >= 4 is 11.7 Å². The van der Waals surface area contributed by atoms with Gasteiger partial charge < -0.3 is 15.0 Å². The molecular weight excluding hydrogens is 424 g/mol. The van der Waals surface area contributed by atoms with Crippen molar-refractivity contribution in [2.45, 2.75) is 57.5 Å². The molecule has 2 aliphatic carbocycles. The van der Waals surface area contributed by atoms with E-state index in [1.165, 1.54) is 44.1 Å². The molecule has 2 aromatic rings. The van der Waals surface area contributed by atoms with E-state index < -0.39 is 0 Å². The molecule has 6 heteroatoms. The van der Waals surface area contributed by atoms with Crippen LogP contribution in [0.4, 0.5) is 0 Å². The van der Waals surface area contributed by atoms with Crippen LogP contribution in [0.25, 0.3) is 0 Å². The Morgan fingerprint density at radius 2 is 1.82 bits per heavy atom. The van der Waals surface area contributed by atoms with Gasteiger partial charge in [0.15, 0.2) is 0 Å². The summed E-state index contributed by atoms with van der Waals surface area (Å²) in [5.41, 5.74) is 4.18. The number of amides is 1. The van der Waals surface area contributed by atoms with E-state index >= 15 is 0 Å². The van der Waals surface area contributed by atoms with E-state index in [2.05, 4.69) is 21.3 Å². The zero-order valence-electron chi connectivity index (χ0n) is 20.2. The van der Waals surface area contributed by atoms with Gasteiger partial charge in [0.25, 0.3) is 0 Å². The molecule has 180 valence electrons. The summed E-state index contributed by atoms with van der Waals surface area (Å²) in [6, 6.07) is 11.8. The number of pyridine rings is 1. The Balaban J connectivity index is 1.24. The molecule has 0 bridgehead atoms. The van der Waals surface area contributed by atoms with E-state index in [1.807, 2.05) is 36.5 Å². The highest BCUT2D eigenvalue weighted by Crippen LogP contribution is 2.33. The molecule has 5 rings (SSSR count). The lowest BCUT2D eigenvalue weighted by molar-refractivity contribution is -0.121. The normalized spacial score (nSPS) is 18.4.